The number of fused-ring (bicyclic) bond motifs is 2. The molecular formula is C27H23ClN4O4. The van der Waals surface area contributed by atoms with Crippen LogP contribution in [0.25, 0.3) is 33.3 Å². The highest BCUT2D eigenvalue weighted by atomic mass is 35.5. The number of aromatic nitrogens is 3. The summed E-state index contributed by atoms with van der Waals surface area (Å²) in [5.41, 5.74) is 3.95. The first-order chi connectivity index (χ1) is 17.2. The second-order valence-electron chi connectivity index (χ2n) is 8.81. The number of rotatable bonds is 5. The molecule has 2 N–H and O–H groups in total. The van der Waals surface area contributed by atoms with Gasteiger partial charge in [0.15, 0.2) is 16.9 Å². The number of aromatic carboxylic acids is 1. The Morgan fingerprint density at radius 1 is 1.14 bits per heavy atom. The van der Waals surface area contributed by atoms with Gasteiger partial charge in [0.25, 0.3) is 0 Å². The van der Waals surface area contributed by atoms with Crippen molar-refractivity contribution in [1.82, 2.24) is 14.8 Å². The summed E-state index contributed by atoms with van der Waals surface area (Å²) in [7, 11) is 1.85. The van der Waals surface area contributed by atoms with Crippen LogP contribution in [-0.2, 0) is 7.05 Å². The van der Waals surface area contributed by atoms with E-state index in [0.29, 0.717) is 39.2 Å². The summed E-state index contributed by atoms with van der Waals surface area (Å²) in [6.07, 6.45) is 0. The highest BCUT2D eigenvalue weighted by Gasteiger charge is 2.23. The van der Waals surface area contributed by atoms with Crippen molar-refractivity contribution in [2.24, 2.45) is 7.05 Å². The lowest BCUT2D eigenvalue weighted by Gasteiger charge is -2.19. The molecule has 0 aliphatic carbocycles. The van der Waals surface area contributed by atoms with E-state index in [2.05, 4.69) is 15.4 Å². The zero-order chi connectivity index (χ0) is 25.7. The zero-order valence-electron chi connectivity index (χ0n) is 20.1. The van der Waals surface area contributed by atoms with Crippen LogP contribution in [0.15, 0.2) is 57.7 Å². The number of pyridine rings is 1. The molecule has 1 unspecified atom stereocenters. The van der Waals surface area contributed by atoms with Gasteiger partial charge in [-0.3, -0.25) is 9.48 Å². The minimum absolute atomic E-state index is 0.0836. The number of nitrogens with zero attached hydrogens (tertiary/aromatic N) is 3. The van der Waals surface area contributed by atoms with Gasteiger partial charge in [0.1, 0.15) is 16.4 Å². The van der Waals surface area contributed by atoms with Crippen LogP contribution in [0.4, 0.5) is 5.69 Å². The minimum atomic E-state index is -1.20. The van der Waals surface area contributed by atoms with Gasteiger partial charge in [-0.25, -0.2) is 9.78 Å². The summed E-state index contributed by atoms with van der Waals surface area (Å²) < 4.78 is 8.21. The molecule has 0 aliphatic rings. The van der Waals surface area contributed by atoms with Crippen molar-refractivity contribution in [1.29, 1.82) is 0 Å². The average Bonchev–Trinajstić information content (AvgIpc) is 3.18. The molecule has 3 heterocycles. The molecule has 8 nitrogen and oxygen atoms in total. The van der Waals surface area contributed by atoms with Crippen LogP contribution in [0, 0.1) is 13.8 Å². The Labute approximate surface area is 211 Å². The Morgan fingerprint density at radius 2 is 1.89 bits per heavy atom. The van der Waals surface area contributed by atoms with E-state index in [1.165, 1.54) is 6.07 Å². The molecule has 0 bridgehead atoms. The number of anilines is 1. The molecule has 3 aromatic heterocycles. The Bertz CT molecular complexity index is 1740. The number of carboxylic acids is 1. The van der Waals surface area contributed by atoms with Gasteiger partial charge < -0.3 is 14.8 Å². The molecule has 0 fully saturated rings. The minimum Gasteiger partial charge on any atom is -0.476 e. The summed E-state index contributed by atoms with van der Waals surface area (Å²) in [4.78, 5) is 29.2. The molecule has 0 saturated carbocycles. The number of nitrogens with one attached hydrogen (secondary N) is 1. The summed E-state index contributed by atoms with van der Waals surface area (Å²) in [5.74, 6) is -0.797. The van der Waals surface area contributed by atoms with Crippen LogP contribution < -0.4 is 10.7 Å². The smallest absolute Gasteiger partial charge is 0.356 e. The van der Waals surface area contributed by atoms with E-state index in [9.17, 15) is 14.7 Å². The number of halogens is 1. The van der Waals surface area contributed by atoms with Crippen LogP contribution >= 0.6 is 11.6 Å². The number of aryl methyl sites for hydroxylation is 2. The fraction of sp³-hybridized carbons (Fsp3) is 0.185. The highest BCUT2D eigenvalue weighted by Crippen LogP contribution is 2.34. The average molecular weight is 503 g/mol. The molecule has 0 radical (unpaired) electrons. The van der Waals surface area contributed by atoms with Gasteiger partial charge in [0.05, 0.1) is 22.6 Å². The SMILES string of the molecule is Cc1cc(C(C)Nc2ccc(Cl)nc2C(=O)O)c2oc(-c3nn(C)c4ccccc34)c(C)c(=O)c2c1. The van der Waals surface area contributed by atoms with Crippen molar-refractivity contribution >= 4 is 45.1 Å². The number of carboxylic acid groups (broad SMARTS) is 1. The molecule has 2 aromatic carbocycles. The van der Waals surface area contributed by atoms with Crippen LogP contribution in [0.1, 0.15) is 40.1 Å². The topological polar surface area (TPSA) is 110 Å². The van der Waals surface area contributed by atoms with E-state index in [0.717, 1.165) is 16.5 Å². The standard InChI is InChI=1S/C27H23ClN4O4/c1-13-11-17(15(3)29-19-9-10-21(28)30-23(19)27(34)35)26-18(12-13)24(33)14(2)25(36-26)22-16-7-5-6-8-20(16)32(4)31-22/h5-12,15,29H,1-4H3,(H,34,35). The number of hydrogen-bond donors (Lipinski definition) is 2. The lowest BCUT2D eigenvalue weighted by Crippen LogP contribution is -2.14. The molecule has 9 heteroatoms. The molecule has 36 heavy (non-hydrogen) atoms. The lowest BCUT2D eigenvalue weighted by molar-refractivity contribution is 0.0691. The van der Waals surface area contributed by atoms with E-state index < -0.39 is 12.0 Å². The predicted molar refractivity (Wildman–Crippen MR) is 140 cm³/mol. The molecule has 5 aromatic rings. The van der Waals surface area contributed by atoms with Crippen molar-refractivity contribution < 1.29 is 14.3 Å². The van der Waals surface area contributed by atoms with Gasteiger partial charge in [-0.05, 0) is 50.6 Å². The maximum absolute atomic E-state index is 13.5. The molecule has 0 spiro atoms. The third kappa shape index (κ3) is 3.89. The summed E-state index contributed by atoms with van der Waals surface area (Å²) in [5, 5.41) is 18.8. The monoisotopic (exact) mass is 502 g/mol. The Hall–Kier alpha value is -4.17. The molecule has 0 saturated heterocycles. The third-order valence-electron chi connectivity index (χ3n) is 6.27. The third-order valence-corrected chi connectivity index (χ3v) is 6.48. The van der Waals surface area contributed by atoms with Gasteiger partial charge in [-0.2, -0.15) is 5.10 Å². The number of hydrogen-bond acceptors (Lipinski definition) is 6. The maximum Gasteiger partial charge on any atom is 0.356 e. The number of carbonyl (C=O) groups is 1. The van der Waals surface area contributed by atoms with E-state index in [1.807, 2.05) is 51.2 Å². The van der Waals surface area contributed by atoms with Gasteiger partial charge in [-0.15, -0.1) is 0 Å². The zero-order valence-corrected chi connectivity index (χ0v) is 20.8. The Balaban J connectivity index is 1.71. The summed E-state index contributed by atoms with van der Waals surface area (Å²) in [6, 6.07) is 14.1. The van der Waals surface area contributed by atoms with Crippen molar-refractivity contribution in [2.45, 2.75) is 26.8 Å². The van der Waals surface area contributed by atoms with Crippen molar-refractivity contribution in [3.8, 4) is 11.5 Å². The van der Waals surface area contributed by atoms with Crippen LogP contribution in [0.5, 0.6) is 0 Å². The lowest BCUT2D eigenvalue weighted by atomic mass is 9.99. The van der Waals surface area contributed by atoms with Crippen molar-refractivity contribution in [3.05, 3.63) is 86.3 Å². The Morgan fingerprint density at radius 3 is 2.64 bits per heavy atom. The molecule has 5 rings (SSSR count). The van der Waals surface area contributed by atoms with Gasteiger partial charge in [0.2, 0.25) is 0 Å². The highest BCUT2D eigenvalue weighted by molar-refractivity contribution is 6.29. The Kier molecular flexibility index (Phi) is 5.76. The van der Waals surface area contributed by atoms with E-state index in [4.69, 9.17) is 16.0 Å². The van der Waals surface area contributed by atoms with Crippen LogP contribution in [0.3, 0.4) is 0 Å². The molecule has 182 valence electrons. The first-order valence-corrected chi connectivity index (χ1v) is 11.7. The molecular weight excluding hydrogens is 480 g/mol. The van der Waals surface area contributed by atoms with E-state index in [-0.39, 0.29) is 16.3 Å². The normalized spacial score (nSPS) is 12.2. The van der Waals surface area contributed by atoms with Gasteiger partial charge in [0, 0.05) is 23.6 Å². The van der Waals surface area contributed by atoms with Gasteiger partial charge >= 0.3 is 5.97 Å². The van der Waals surface area contributed by atoms with E-state index >= 15 is 0 Å². The summed E-state index contributed by atoms with van der Waals surface area (Å²) >= 11 is 5.90. The second-order valence-corrected chi connectivity index (χ2v) is 9.19. The number of para-hydroxylation sites is 1. The van der Waals surface area contributed by atoms with Crippen molar-refractivity contribution in [3.63, 3.8) is 0 Å². The van der Waals surface area contributed by atoms with Gasteiger partial charge in [-0.1, -0.05) is 35.9 Å². The van der Waals surface area contributed by atoms with Crippen LogP contribution in [-0.4, -0.2) is 25.8 Å². The quantitative estimate of drug-likeness (QED) is 0.288. The largest absolute Gasteiger partial charge is 0.476 e. The molecule has 0 aliphatic heterocycles. The predicted octanol–water partition coefficient (Wildman–Crippen LogP) is 5.88. The fourth-order valence-corrected chi connectivity index (χ4v) is 4.67. The first kappa shape index (κ1) is 23.6. The molecule has 0 amide bonds. The molecule has 1 atom stereocenters. The van der Waals surface area contributed by atoms with Crippen LogP contribution in [0.2, 0.25) is 5.15 Å². The maximum atomic E-state index is 13.5. The second kappa shape index (κ2) is 8.80. The van der Waals surface area contributed by atoms with E-state index in [1.54, 1.807) is 23.7 Å². The van der Waals surface area contributed by atoms with Crippen molar-refractivity contribution in [2.75, 3.05) is 5.32 Å². The fourth-order valence-electron chi connectivity index (χ4n) is 4.52. The summed E-state index contributed by atoms with van der Waals surface area (Å²) in [6.45, 7) is 5.51. The number of benzene rings is 2. The first-order valence-electron chi connectivity index (χ1n) is 11.3.